The summed E-state index contributed by atoms with van der Waals surface area (Å²) >= 11 is 0. The molecule has 0 aliphatic rings. The number of carbonyl (C=O) groups excluding carboxylic acids is 1. The van der Waals surface area contributed by atoms with Crippen LogP contribution in [0.3, 0.4) is 0 Å². The maximum atomic E-state index is 12.6. The minimum atomic E-state index is -1.28. The van der Waals surface area contributed by atoms with Crippen LogP contribution in [0.1, 0.15) is 348 Å². The highest BCUT2D eigenvalue weighted by Crippen LogP contribution is 2.19. The van der Waals surface area contributed by atoms with Gasteiger partial charge in [-0.25, -0.2) is 0 Å². The van der Waals surface area contributed by atoms with E-state index in [0.717, 1.165) is 38.5 Å². The van der Waals surface area contributed by atoms with Gasteiger partial charge in [0.25, 0.3) is 0 Å². The van der Waals surface area contributed by atoms with E-state index in [2.05, 4.69) is 31.3 Å². The smallest absolute Gasteiger partial charge is 0.249 e. The Morgan fingerprint density at radius 2 is 0.603 bits per heavy atom. The van der Waals surface area contributed by atoms with Crippen LogP contribution in [0.4, 0.5) is 0 Å². The minimum Gasteiger partial charge on any atom is -0.394 e. The fraction of sp³-hybridized carbons (Fsp3) is 0.952. The number of aliphatic hydroxyl groups excluding tert-OH is 4. The molecule has 4 atom stereocenters. The van der Waals surface area contributed by atoms with Crippen molar-refractivity contribution in [1.29, 1.82) is 0 Å². The molecule has 0 aromatic rings. The summed E-state index contributed by atoms with van der Waals surface area (Å²) < 4.78 is 0. The number of unbranched alkanes of at least 4 members (excludes halogenated alkanes) is 47. The van der Waals surface area contributed by atoms with Gasteiger partial charge in [-0.1, -0.05) is 321 Å². The molecule has 68 heavy (non-hydrogen) atoms. The van der Waals surface area contributed by atoms with Crippen molar-refractivity contribution >= 4 is 5.91 Å². The van der Waals surface area contributed by atoms with Crippen molar-refractivity contribution < 1.29 is 25.2 Å². The summed E-state index contributed by atoms with van der Waals surface area (Å²) in [5.41, 5.74) is 0. The zero-order valence-electron chi connectivity index (χ0n) is 46.1. The number of hydrogen-bond donors (Lipinski definition) is 5. The molecule has 0 aliphatic carbocycles. The Hall–Kier alpha value is -0.950. The highest BCUT2D eigenvalue weighted by Gasteiger charge is 2.28. The zero-order chi connectivity index (χ0) is 49.5. The fourth-order valence-electron chi connectivity index (χ4n) is 10.1. The molecule has 0 fully saturated rings. The highest BCUT2D eigenvalue weighted by atomic mass is 16.3. The minimum absolute atomic E-state index is 0.369. The number of nitrogens with one attached hydrogen (secondary N) is 1. The number of hydrogen-bond acceptors (Lipinski definition) is 5. The van der Waals surface area contributed by atoms with E-state index in [-0.39, 0.29) is 0 Å². The second-order valence-electron chi connectivity index (χ2n) is 21.8. The predicted molar refractivity (Wildman–Crippen MR) is 298 cm³/mol. The van der Waals surface area contributed by atoms with Crippen LogP contribution in [0.25, 0.3) is 0 Å². The van der Waals surface area contributed by atoms with Gasteiger partial charge in [-0.3, -0.25) is 4.79 Å². The number of rotatable bonds is 58. The summed E-state index contributed by atoms with van der Waals surface area (Å²) in [6.45, 7) is 4.09. The first-order chi connectivity index (χ1) is 33.5. The second kappa shape index (κ2) is 57.0. The summed E-state index contributed by atoms with van der Waals surface area (Å²) in [5.74, 6) is -0.585. The topological polar surface area (TPSA) is 110 Å². The van der Waals surface area contributed by atoms with Gasteiger partial charge in [0.1, 0.15) is 12.2 Å². The molecule has 0 saturated heterocycles. The van der Waals surface area contributed by atoms with Gasteiger partial charge >= 0.3 is 0 Å². The van der Waals surface area contributed by atoms with Gasteiger partial charge in [-0.2, -0.15) is 0 Å². The van der Waals surface area contributed by atoms with E-state index < -0.39 is 36.9 Å². The Morgan fingerprint density at radius 3 is 0.882 bits per heavy atom. The van der Waals surface area contributed by atoms with Crippen LogP contribution in [0, 0.1) is 0 Å². The predicted octanol–water partition coefficient (Wildman–Crippen LogP) is 18.4. The molecule has 0 bridgehead atoms. The molecule has 0 heterocycles. The lowest BCUT2D eigenvalue weighted by atomic mass is 10.00. The van der Waals surface area contributed by atoms with Crippen LogP contribution in [0.5, 0.6) is 0 Å². The molecule has 0 radical (unpaired) electrons. The molecule has 0 saturated carbocycles. The Labute approximate surface area is 425 Å². The summed E-state index contributed by atoms with van der Waals surface area (Å²) in [7, 11) is 0. The Bertz CT molecular complexity index is 990. The van der Waals surface area contributed by atoms with Crippen molar-refractivity contribution in [3.05, 3.63) is 12.2 Å². The van der Waals surface area contributed by atoms with E-state index in [9.17, 15) is 25.2 Å². The molecule has 406 valence electrons. The molecule has 0 spiro atoms. The first kappa shape index (κ1) is 67.0. The van der Waals surface area contributed by atoms with Crippen molar-refractivity contribution in [2.75, 3.05) is 6.61 Å². The molecule has 0 rings (SSSR count). The van der Waals surface area contributed by atoms with E-state index in [1.54, 1.807) is 0 Å². The van der Waals surface area contributed by atoms with E-state index in [0.29, 0.717) is 12.8 Å². The van der Waals surface area contributed by atoms with Crippen LogP contribution in [-0.2, 0) is 4.79 Å². The maximum Gasteiger partial charge on any atom is 0.249 e. The molecule has 6 heteroatoms. The monoisotopic (exact) mass is 962 g/mol. The molecule has 0 aromatic carbocycles. The molecule has 6 nitrogen and oxygen atoms in total. The van der Waals surface area contributed by atoms with Crippen LogP contribution in [-0.4, -0.2) is 57.3 Å². The lowest BCUT2D eigenvalue weighted by Crippen LogP contribution is -2.53. The van der Waals surface area contributed by atoms with Crippen LogP contribution >= 0.6 is 0 Å². The average Bonchev–Trinajstić information content (AvgIpc) is 3.34. The van der Waals surface area contributed by atoms with Crippen molar-refractivity contribution in [2.24, 2.45) is 0 Å². The Morgan fingerprint density at radius 1 is 0.353 bits per heavy atom. The molecule has 0 aliphatic heterocycles. The van der Waals surface area contributed by atoms with Crippen molar-refractivity contribution in [3.63, 3.8) is 0 Å². The van der Waals surface area contributed by atoms with Crippen molar-refractivity contribution in [1.82, 2.24) is 5.32 Å². The Balaban J connectivity index is 3.57. The van der Waals surface area contributed by atoms with Crippen LogP contribution < -0.4 is 5.32 Å². The summed E-state index contributed by atoms with van der Waals surface area (Å²) in [6.07, 6.45) is 68.8. The van der Waals surface area contributed by atoms with Gasteiger partial charge in [-0.05, 0) is 38.5 Å². The van der Waals surface area contributed by atoms with E-state index in [1.807, 2.05) is 0 Å². The SMILES string of the molecule is CCCCCCCCCCCCCCCCCCC/C=C/CCCC(O)C(O)C(CO)NC(=O)C(O)CCCCCCCCCCCCCCCCCCCCCCCCCCCCCCCC. The third-order valence-corrected chi connectivity index (χ3v) is 15.0. The number of amides is 1. The van der Waals surface area contributed by atoms with Crippen LogP contribution in [0.15, 0.2) is 12.2 Å². The van der Waals surface area contributed by atoms with Crippen molar-refractivity contribution in [3.8, 4) is 0 Å². The standard InChI is InChI=1S/C62H123NO5/c1-3-5-7-9-11-13-15-17-19-21-23-25-27-28-29-30-31-32-33-34-36-38-40-42-44-46-48-50-52-54-56-60(66)62(68)63-58(57-64)61(67)59(65)55-53-51-49-47-45-43-41-39-37-35-26-24-22-20-18-16-14-12-10-8-6-4-2/h47,49,58-61,64-67H,3-46,48,50-57H2,1-2H3,(H,63,68)/b49-47+. The number of carbonyl (C=O) groups is 1. The largest absolute Gasteiger partial charge is 0.394 e. The number of allylic oxidation sites excluding steroid dienone is 2. The van der Waals surface area contributed by atoms with Gasteiger partial charge in [0.05, 0.1) is 18.8 Å². The summed E-state index contributed by atoms with van der Waals surface area (Å²) in [6, 6.07) is -0.999. The van der Waals surface area contributed by atoms with E-state index in [1.165, 1.54) is 283 Å². The third-order valence-electron chi connectivity index (χ3n) is 15.0. The van der Waals surface area contributed by atoms with Gasteiger partial charge in [0.2, 0.25) is 5.91 Å². The molecule has 0 aromatic heterocycles. The molecule has 4 unspecified atom stereocenters. The Kier molecular flexibility index (Phi) is 56.2. The fourth-order valence-corrected chi connectivity index (χ4v) is 10.1. The van der Waals surface area contributed by atoms with Gasteiger partial charge < -0.3 is 25.7 Å². The maximum absolute atomic E-state index is 12.6. The normalized spacial score (nSPS) is 13.7. The molecule has 1 amide bonds. The highest BCUT2D eigenvalue weighted by molar-refractivity contribution is 5.80. The van der Waals surface area contributed by atoms with E-state index >= 15 is 0 Å². The zero-order valence-corrected chi connectivity index (χ0v) is 46.1. The van der Waals surface area contributed by atoms with Gasteiger partial charge in [0, 0.05) is 0 Å². The lowest BCUT2D eigenvalue weighted by Gasteiger charge is -2.27. The van der Waals surface area contributed by atoms with Crippen molar-refractivity contribution in [2.45, 2.75) is 372 Å². The average molecular weight is 963 g/mol. The number of aliphatic hydroxyl groups is 4. The molecular weight excluding hydrogens is 839 g/mol. The summed E-state index contributed by atoms with van der Waals surface area (Å²) in [5, 5.41) is 44.1. The first-order valence-corrected chi connectivity index (χ1v) is 31.1. The second-order valence-corrected chi connectivity index (χ2v) is 21.8. The van der Waals surface area contributed by atoms with Gasteiger partial charge in [0.15, 0.2) is 0 Å². The molecular formula is C62H123NO5. The lowest BCUT2D eigenvalue weighted by molar-refractivity contribution is -0.132. The summed E-state index contributed by atoms with van der Waals surface area (Å²) in [4.78, 5) is 12.6. The third kappa shape index (κ3) is 50.0. The van der Waals surface area contributed by atoms with Crippen LogP contribution in [0.2, 0.25) is 0 Å². The van der Waals surface area contributed by atoms with Gasteiger partial charge in [-0.15, -0.1) is 0 Å². The van der Waals surface area contributed by atoms with E-state index in [4.69, 9.17) is 0 Å². The molecule has 5 N–H and O–H groups in total. The first-order valence-electron chi connectivity index (χ1n) is 31.1. The quantitative estimate of drug-likeness (QED) is 0.0308.